The third kappa shape index (κ3) is 1.97. The Morgan fingerprint density at radius 2 is 1.59 bits per heavy atom. The molecule has 0 bridgehead atoms. The van der Waals surface area contributed by atoms with Crippen molar-refractivity contribution < 1.29 is 0 Å². The highest BCUT2D eigenvalue weighted by Gasteiger charge is 2.21. The monoisotopic (exact) mass is 298 g/mol. The van der Waals surface area contributed by atoms with Gasteiger partial charge in [-0.2, -0.15) is 0 Å². The van der Waals surface area contributed by atoms with Gasteiger partial charge < -0.3 is 0 Å². The standard InChI is InChI=1S/C13H8Cl2S2/c1-7-12(15)8(14)6-11-13(7)17-10-5-3-2-4-9(10)16-11/h2-6H,1H3. The molecule has 1 heterocycles. The van der Waals surface area contributed by atoms with Crippen molar-refractivity contribution in [3.63, 3.8) is 0 Å². The Balaban J connectivity index is 2.18. The molecule has 0 atom stereocenters. The van der Waals surface area contributed by atoms with E-state index in [9.17, 15) is 0 Å². The summed E-state index contributed by atoms with van der Waals surface area (Å²) in [5.41, 5.74) is 1.07. The molecule has 0 saturated carbocycles. The van der Waals surface area contributed by atoms with Gasteiger partial charge in [-0.25, -0.2) is 0 Å². The number of halogens is 2. The van der Waals surface area contributed by atoms with Crippen LogP contribution < -0.4 is 0 Å². The van der Waals surface area contributed by atoms with Crippen LogP contribution in [0.5, 0.6) is 0 Å². The summed E-state index contributed by atoms with van der Waals surface area (Å²) in [6.45, 7) is 2.02. The van der Waals surface area contributed by atoms with Gasteiger partial charge in [0.25, 0.3) is 0 Å². The van der Waals surface area contributed by atoms with Crippen molar-refractivity contribution in [1.29, 1.82) is 0 Å². The minimum atomic E-state index is 0.635. The molecule has 1 aliphatic heterocycles. The SMILES string of the molecule is Cc1c(Cl)c(Cl)cc2c1Sc1ccccc1S2. The predicted molar refractivity (Wildman–Crippen MR) is 75.9 cm³/mol. The second-order valence-electron chi connectivity index (χ2n) is 3.78. The Hall–Kier alpha value is -0.280. The van der Waals surface area contributed by atoms with Crippen LogP contribution in [0.4, 0.5) is 0 Å². The highest BCUT2D eigenvalue weighted by molar-refractivity contribution is 8.05. The van der Waals surface area contributed by atoms with Gasteiger partial charge in [-0.1, -0.05) is 58.9 Å². The molecular weight excluding hydrogens is 291 g/mol. The quantitative estimate of drug-likeness (QED) is 0.505. The van der Waals surface area contributed by atoms with Crippen LogP contribution in [0.15, 0.2) is 49.9 Å². The van der Waals surface area contributed by atoms with Crippen molar-refractivity contribution in [1.82, 2.24) is 0 Å². The lowest BCUT2D eigenvalue weighted by Gasteiger charge is -2.21. The van der Waals surface area contributed by atoms with Crippen molar-refractivity contribution in [3.05, 3.63) is 45.9 Å². The number of hydrogen-bond acceptors (Lipinski definition) is 2. The van der Waals surface area contributed by atoms with E-state index in [1.54, 1.807) is 23.5 Å². The first-order valence-electron chi connectivity index (χ1n) is 5.10. The van der Waals surface area contributed by atoms with Crippen LogP contribution in [-0.4, -0.2) is 0 Å². The molecule has 0 amide bonds. The molecule has 0 spiro atoms. The fourth-order valence-corrected chi connectivity index (χ4v) is 4.70. The van der Waals surface area contributed by atoms with Crippen LogP contribution >= 0.6 is 46.7 Å². The van der Waals surface area contributed by atoms with Gasteiger partial charge in [0.05, 0.1) is 10.0 Å². The van der Waals surface area contributed by atoms with Crippen molar-refractivity contribution in [3.8, 4) is 0 Å². The van der Waals surface area contributed by atoms with Crippen LogP contribution in [0, 0.1) is 6.92 Å². The van der Waals surface area contributed by atoms with E-state index in [0.29, 0.717) is 10.0 Å². The third-order valence-corrected chi connectivity index (χ3v) is 6.21. The van der Waals surface area contributed by atoms with Crippen molar-refractivity contribution >= 4 is 46.7 Å². The lowest BCUT2D eigenvalue weighted by Crippen LogP contribution is -1.93. The molecule has 0 radical (unpaired) electrons. The molecular formula is C13H8Cl2S2. The largest absolute Gasteiger partial charge is 0.0877 e. The smallest absolute Gasteiger partial charge is 0.0633 e. The van der Waals surface area contributed by atoms with E-state index < -0.39 is 0 Å². The van der Waals surface area contributed by atoms with Crippen LogP contribution in [0.3, 0.4) is 0 Å². The number of hydrogen-bond donors (Lipinski definition) is 0. The summed E-state index contributed by atoms with van der Waals surface area (Å²) in [5.74, 6) is 0. The lowest BCUT2D eigenvalue weighted by atomic mass is 10.2. The fraction of sp³-hybridized carbons (Fsp3) is 0.0769. The van der Waals surface area contributed by atoms with E-state index in [0.717, 1.165) is 5.56 Å². The number of benzene rings is 2. The van der Waals surface area contributed by atoms with E-state index in [1.165, 1.54) is 19.6 Å². The molecule has 0 fully saturated rings. The first-order chi connectivity index (χ1) is 8.16. The van der Waals surface area contributed by atoms with Gasteiger partial charge in [-0.3, -0.25) is 0 Å². The second kappa shape index (κ2) is 4.43. The van der Waals surface area contributed by atoms with E-state index in [1.807, 2.05) is 13.0 Å². The van der Waals surface area contributed by atoms with E-state index in [4.69, 9.17) is 23.2 Å². The molecule has 17 heavy (non-hydrogen) atoms. The molecule has 4 heteroatoms. The average Bonchev–Trinajstić information content (AvgIpc) is 2.34. The highest BCUT2D eigenvalue weighted by Crippen LogP contribution is 2.51. The molecule has 0 nitrogen and oxygen atoms in total. The topological polar surface area (TPSA) is 0 Å². The molecule has 3 rings (SSSR count). The zero-order valence-electron chi connectivity index (χ0n) is 8.96. The van der Waals surface area contributed by atoms with E-state index >= 15 is 0 Å². The summed E-state index contributed by atoms with van der Waals surface area (Å²) in [5, 5.41) is 1.30. The maximum Gasteiger partial charge on any atom is 0.0633 e. The summed E-state index contributed by atoms with van der Waals surface area (Å²) in [6.07, 6.45) is 0. The minimum Gasteiger partial charge on any atom is -0.0877 e. The van der Waals surface area contributed by atoms with Gasteiger partial charge in [-0.15, -0.1) is 0 Å². The van der Waals surface area contributed by atoms with E-state index in [-0.39, 0.29) is 0 Å². The van der Waals surface area contributed by atoms with Crippen molar-refractivity contribution in [2.75, 3.05) is 0 Å². The Bertz CT molecular complexity index is 609. The molecule has 0 saturated heterocycles. The summed E-state index contributed by atoms with van der Waals surface area (Å²) >= 11 is 15.8. The minimum absolute atomic E-state index is 0.635. The average molecular weight is 299 g/mol. The van der Waals surface area contributed by atoms with Gasteiger partial charge in [0.15, 0.2) is 0 Å². The summed E-state index contributed by atoms with van der Waals surface area (Å²) < 4.78 is 0. The first kappa shape index (κ1) is 11.8. The Labute approximate surface area is 119 Å². The molecule has 86 valence electrons. The van der Waals surface area contributed by atoms with Crippen molar-refractivity contribution in [2.45, 2.75) is 26.5 Å². The zero-order valence-corrected chi connectivity index (χ0v) is 12.1. The normalized spacial score (nSPS) is 13.1. The Morgan fingerprint density at radius 3 is 2.29 bits per heavy atom. The molecule has 0 aliphatic carbocycles. The van der Waals surface area contributed by atoms with Gasteiger partial charge in [0.2, 0.25) is 0 Å². The summed E-state index contributed by atoms with van der Waals surface area (Å²) in [7, 11) is 0. The predicted octanol–water partition coefficient (Wildman–Crippen LogP) is 5.92. The van der Waals surface area contributed by atoms with Gasteiger partial charge >= 0.3 is 0 Å². The molecule has 2 aromatic carbocycles. The lowest BCUT2D eigenvalue weighted by molar-refractivity contribution is 1.12. The van der Waals surface area contributed by atoms with Gasteiger partial charge in [-0.05, 0) is 30.7 Å². The van der Waals surface area contributed by atoms with Crippen LogP contribution in [0.25, 0.3) is 0 Å². The Morgan fingerprint density at radius 1 is 0.941 bits per heavy atom. The van der Waals surface area contributed by atoms with Crippen molar-refractivity contribution in [2.24, 2.45) is 0 Å². The van der Waals surface area contributed by atoms with Crippen LogP contribution in [-0.2, 0) is 0 Å². The molecule has 0 aromatic heterocycles. The first-order valence-corrected chi connectivity index (χ1v) is 7.49. The molecule has 0 N–H and O–H groups in total. The van der Waals surface area contributed by atoms with Gasteiger partial charge in [0.1, 0.15) is 0 Å². The highest BCUT2D eigenvalue weighted by atomic mass is 35.5. The zero-order chi connectivity index (χ0) is 12.0. The van der Waals surface area contributed by atoms with Crippen LogP contribution in [0.1, 0.15) is 5.56 Å². The molecule has 2 aromatic rings. The van der Waals surface area contributed by atoms with Crippen LogP contribution in [0.2, 0.25) is 10.0 Å². The third-order valence-electron chi connectivity index (χ3n) is 2.64. The summed E-state index contributed by atoms with van der Waals surface area (Å²) in [4.78, 5) is 4.98. The number of fused-ring (bicyclic) bond motifs is 2. The maximum absolute atomic E-state index is 6.19. The number of rotatable bonds is 0. The fourth-order valence-electron chi connectivity index (χ4n) is 1.76. The van der Waals surface area contributed by atoms with Gasteiger partial charge in [0, 0.05) is 19.6 Å². The molecule has 0 unspecified atom stereocenters. The molecule has 1 aliphatic rings. The second-order valence-corrected chi connectivity index (χ2v) is 6.70. The van der Waals surface area contributed by atoms with E-state index in [2.05, 4.69) is 24.3 Å². The summed E-state index contributed by atoms with van der Waals surface area (Å²) in [6, 6.07) is 10.3. The Kier molecular flexibility index (Phi) is 3.07. The maximum atomic E-state index is 6.19.